The first-order chi connectivity index (χ1) is 11.9. The van der Waals surface area contributed by atoms with Crippen LogP contribution in [-0.4, -0.2) is 26.8 Å². The van der Waals surface area contributed by atoms with Crippen molar-refractivity contribution in [2.75, 3.05) is 5.75 Å². The van der Waals surface area contributed by atoms with Crippen molar-refractivity contribution in [1.29, 1.82) is 5.26 Å². The topological polar surface area (TPSA) is 89.8 Å². The lowest BCUT2D eigenvalue weighted by molar-refractivity contribution is -0.133. The zero-order valence-electron chi connectivity index (χ0n) is 13.9. The Morgan fingerprint density at radius 3 is 2.84 bits per heavy atom. The first-order valence-electron chi connectivity index (χ1n) is 7.74. The molecule has 3 rings (SSSR count). The Morgan fingerprint density at radius 2 is 2.12 bits per heavy atom. The van der Waals surface area contributed by atoms with Crippen molar-refractivity contribution in [3.8, 4) is 17.5 Å². The largest absolute Gasteiger partial charge is 0.481 e. The summed E-state index contributed by atoms with van der Waals surface area (Å²) >= 11 is 1.29. The molecule has 25 heavy (non-hydrogen) atoms. The van der Waals surface area contributed by atoms with Gasteiger partial charge in [-0.1, -0.05) is 0 Å². The Labute approximate surface area is 149 Å². The van der Waals surface area contributed by atoms with Crippen molar-refractivity contribution < 1.29 is 9.90 Å². The number of rotatable bonds is 5. The fraction of sp³-hybridized carbons (Fsp3) is 0.211. The lowest BCUT2D eigenvalue weighted by Gasteiger charge is -2.15. The molecule has 2 heterocycles. The minimum absolute atomic E-state index is 0.0373. The maximum Gasteiger partial charge on any atom is 0.313 e. The number of nitrogens with one attached hydrogen (secondary N) is 1. The van der Waals surface area contributed by atoms with Crippen LogP contribution in [0, 0.1) is 11.3 Å². The van der Waals surface area contributed by atoms with Gasteiger partial charge >= 0.3 is 5.97 Å². The number of fused-ring (bicyclic) bond motifs is 1. The van der Waals surface area contributed by atoms with Gasteiger partial charge in [-0.05, 0) is 55.8 Å². The zero-order chi connectivity index (χ0) is 18.0. The van der Waals surface area contributed by atoms with E-state index in [4.69, 9.17) is 5.11 Å². The Balaban J connectivity index is 1.96. The predicted molar refractivity (Wildman–Crippen MR) is 98.5 cm³/mol. The van der Waals surface area contributed by atoms with E-state index in [2.05, 4.69) is 16.0 Å². The number of hydrogen-bond acceptors (Lipinski definition) is 4. The highest BCUT2D eigenvalue weighted by atomic mass is 32.2. The average molecular weight is 351 g/mol. The second kappa shape index (κ2) is 6.61. The van der Waals surface area contributed by atoms with Gasteiger partial charge in [-0.15, -0.1) is 11.8 Å². The number of pyridine rings is 1. The fourth-order valence-corrected chi connectivity index (χ4v) is 3.18. The van der Waals surface area contributed by atoms with Crippen LogP contribution in [0.25, 0.3) is 22.3 Å². The summed E-state index contributed by atoms with van der Waals surface area (Å²) in [5.74, 6) is -0.795. The van der Waals surface area contributed by atoms with E-state index in [1.165, 1.54) is 11.8 Å². The molecular formula is C19H17N3O2S. The molecule has 126 valence electrons. The number of aromatic amines is 1. The number of thioether (sulfide) groups is 1. The van der Waals surface area contributed by atoms with Crippen LogP contribution in [0.1, 0.15) is 19.4 Å². The van der Waals surface area contributed by atoms with Crippen molar-refractivity contribution in [3.63, 3.8) is 0 Å². The molecule has 0 saturated carbocycles. The van der Waals surface area contributed by atoms with Gasteiger partial charge in [0, 0.05) is 22.0 Å². The Hall–Kier alpha value is -2.78. The van der Waals surface area contributed by atoms with Gasteiger partial charge in [0.05, 0.1) is 28.6 Å². The highest BCUT2D eigenvalue weighted by molar-refractivity contribution is 8.00. The summed E-state index contributed by atoms with van der Waals surface area (Å²) in [5, 5.41) is 19.1. The number of nitriles is 1. The number of hydrogen-bond donors (Lipinski definition) is 2. The summed E-state index contributed by atoms with van der Waals surface area (Å²) in [6.45, 7) is 3.76. The average Bonchev–Trinajstić information content (AvgIpc) is 3.03. The molecule has 2 N–H and O–H groups in total. The van der Waals surface area contributed by atoms with E-state index in [0.29, 0.717) is 0 Å². The van der Waals surface area contributed by atoms with Crippen LogP contribution in [0.5, 0.6) is 0 Å². The number of H-pyrrole nitrogens is 1. The van der Waals surface area contributed by atoms with E-state index >= 15 is 0 Å². The summed E-state index contributed by atoms with van der Waals surface area (Å²) in [4.78, 5) is 19.4. The van der Waals surface area contributed by atoms with Crippen LogP contribution in [0.3, 0.4) is 0 Å². The Kier molecular flexibility index (Phi) is 4.51. The molecule has 0 aliphatic heterocycles. The van der Waals surface area contributed by atoms with Gasteiger partial charge in [0.1, 0.15) is 0 Å². The number of carboxylic acids is 1. The van der Waals surface area contributed by atoms with E-state index in [-0.39, 0.29) is 5.75 Å². The van der Waals surface area contributed by atoms with E-state index in [0.717, 1.165) is 32.7 Å². The number of carbonyl (C=O) groups is 1. The van der Waals surface area contributed by atoms with Gasteiger partial charge < -0.3 is 10.1 Å². The molecule has 2 aromatic heterocycles. The minimum atomic E-state index is -0.832. The van der Waals surface area contributed by atoms with Gasteiger partial charge in [-0.3, -0.25) is 9.78 Å². The minimum Gasteiger partial charge on any atom is -0.481 e. The van der Waals surface area contributed by atoms with Gasteiger partial charge in [0.25, 0.3) is 0 Å². The molecule has 3 aromatic rings. The smallest absolute Gasteiger partial charge is 0.313 e. The van der Waals surface area contributed by atoms with Crippen LogP contribution in [0.15, 0.2) is 47.5 Å². The third kappa shape index (κ3) is 3.67. The summed E-state index contributed by atoms with van der Waals surface area (Å²) in [6.07, 6.45) is 1.71. The molecule has 0 radical (unpaired) electrons. The van der Waals surface area contributed by atoms with Crippen LogP contribution in [0.4, 0.5) is 0 Å². The van der Waals surface area contributed by atoms with Crippen molar-refractivity contribution in [3.05, 3.63) is 48.2 Å². The molecule has 0 spiro atoms. The Morgan fingerprint density at radius 1 is 1.32 bits per heavy atom. The first-order valence-corrected chi connectivity index (χ1v) is 8.73. The van der Waals surface area contributed by atoms with Crippen molar-refractivity contribution in [2.24, 2.45) is 0 Å². The quantitative estimate of drug-likeness (QED) is 0.672. The van der Waals surface area contributed by atoms with Gasteiger partial charge in [0.15, 0.2) is 0 Å². The lowest BCUT2D eigenvalue weighted by Crippen LogP contribution is -2.13. The molecule has 0 amide bonds. The van der Waals surface area contributed by atoms with Crippen LogP contribution >= 0.6 is 11.8 Å². The third-order valence-electron chi connectivity index (χ3n) is 3.99. The normalized spacial score (nSPS) is 11.4. The number of nitrogens with zero attached hydrogens (tertiary/aromatic N) is 2. The second-order valence-corrected chi connectivity index (χ2v) is 7.33. The molecule has 0 unspecified atom stereocenters. The van der Waals surface area contributed by atoms with Crippen LogP contribution in [0.2, 0.25) is 0 Å². The van der Waals surface area contributed by atoms with Gasteiger partial charge in [-0.25, -0.2) is 0 Å². The summed E-state index contributed by atoms with van der Waals surface area (Å²) < 4.78 is 0. The molecule has 1 aromatic carbocycles. The maximum absolute atomic E-state index is 10.7. The molecule has 0 saturated heterocycles. The molecule has 0 atom stereocenters. The highest BCUT2D eigenvalue weighted by Crippen LogP contribution is 2.29. The van der Waals surface area contributed by atoms with E-state index in [1.807, 2.05) is 50.2 Å². The van der Waals surface area contributed by atoms with Gasteiger partial charge in [0.2, 0.25) is 0 Å². The van der Waals surface area contributed by atoms with E-state index < -0.39 is 11.4 Å². The summed E-state index contributed by atoms with van der Waals surface area (Å²) in [7, 11) is 0. The predicted octanol–water partition coefficient (Wildman–Crippen LogP) is 4.21. The van der Waals surface area contributed by atoms with Crippen molar-refractivity contribution in [2.45, 2.75) is 24.2 Å². The lowest BCUT2D eigenvalue weighted by atomic mass is 9.86. The molecule has 0 fully saturated rings. The molecule has 0 aliphatic carbocycles. The molecule has 5 nitrogen and oxygen atoms in total. The molecular weight excluding hydrogens is 334 g/mol. The van der Waals surface area contributed by atoms with Crippen molar-refractivity contribution >= 4 is 28.6 Å². The highest BCUT2D eigenvalue weighted by Gasteiger charge is 2.20. The number of aliphatic carboxylic acids is 1. The fourth-order valence-electron chi connectivity index (χ4n) is 2.51. The third-order valence-corrected chi connectivity index (χ3v) is 4.97. The van der Waals surface area contributed by atoms with Crippen LogP contribution in [-0.2, 0) is 10.2 Å². The molecule has 0 aliphatic rings. The summed E-state index contributed by atoms with van der Waals surface area (Å²) in [5.41, 5.74) is 2.94. The maximum atomic E-state index is 10.7. The van der Waals surface area contributed by atoms with E-state index in [9.17, 15) is 10.1 Å². The SMILES string of the molecule is CC(C)(C#N)c1ccnc(-c2cc3cc(SCC(=O)O)ccc3[nH]2)c1. The zero-order valence-corrected chi connectivity index (χ0v) is 14.7. The number of benzene rings is 1. The second-order valence-electron chi connectivity index (χ2n) is 6.28. The number of aromatic nitrogens is 2. The van der Waals surface area contributed by atoms with Crippen LogP contribution < -0.4 is 0 Å². The van der Waals surface area contributed by atoms with Gasteiger partial charge in [-0.2, -0.15) is 5.26 Å². The molecule has 6 heteroatoms. The first kappa shape index (κ1) is 17.1. The number of carboxylic acid groups (broad SMARTS) is 1. The van der Waals surface area contributed by atoms with E-state index in [1.54, 1.807) is 6.20 Å². The monoisotopic (exact) mass is 351 g/mol. The molecule has 0 bridgehead atoms. The standard InChI is InChI=1S/C19H17N3O2S/c1-19(2,11-20)13-5-6-21-16(9-13)17-8-12-7-14(25-10-18(23)24)3-4-15(12)22-17/h3-9,22H,10H2,1-2H3,(H,23,24). The Bertz CT molecular complexity index is 986. The van der Waals surface area contributed by atoms with Crippen molar-refractivity contribution in [1.82, 2.24) is 9.97 Å². The summed E-state index contributed by atoms with van der Waals surface area (Å²) in [6, 6.07) is 13.9.